The molecule has 0 aliphatic heterocycles. The molecule has 0 saturated heterocycles. The molecule has 0 aliphatic rings. The largest absolute Gasteiger partial charge is 0.456 e. The number of fused-ring (bicyclic) bond motifs is 2. The fourth-order valence-corrected chi connectivity index (χ4v) is 2.86. The quantitative estimate of drug-likeness (QED) is 0.542. The number of rotatable bonds is 5. The minimum absolute atomic E-state index is 0.215. The molecule has 0 unspecified atom stereocenters. The molecular formula is C20H18N4O2. The first-order chi connectivity index (χ1) is 12.8. The van der Waals surface area contributed by atoms with Crippen LogP contribution in [0.5, 0.6) is 0 Å². The van der Waals surface area contributed by atoms with Crippen molar-refractivity contribution in [2.24, 2.45) is 5.73 Å². The van der Waals surface area contributed by atoms with Gasteiger partial charge in [-0.3, -0.25) is 9.78 Å². The molecule has 3 aromatic heterocycles. The Kier molecular flexibility index (Phi) is 4.33. The molecule has 0 radical (unpaired) electrons. The smallest absolute Gasteiger partial charge is 0.269 e. The van der Waals surface area contributed by atoms with Crippen molar-refractivity contribution in [1.29, 1.82) is 0 Å². The van der Waals surface area contributed by atoms with E-state index in [1.165, 1.54) is 0 Å². The van der Waals surface area contributed by atoms with Gasteiger partial charge in [0, 0.05) is 29.7 Å². The van der Waals surface area contributed by atoms with Crippen LogP contribution >= 0.6 is 0 Å². The Morgan fingerprint density at radius 2 is 2.00 bits per heavy atom. The first-order valence-corrected chi connectivity index (χ1v) is 8.48. The molecule has 0 saturated carbocycles. The summed E-state index contributed by atoms with van der Waals surface area (Å²) in [6.07, 6.45) is 4.17. The second-order valence-electron chi connectivity index (χ2n) is 6.00. The fourth-order valence-electron chi connectivity index (χ4n) is 2.86. The summed E-state index contributed by atoms with van der Waals surface area (Å²) < 4.78 is 5.95. The molecule has 130 valence electrons. The van der Waals surface area contributed by atoms with E-state index in [2.05, 4.69) is 15.3 Å². The molecule has 0 atom stereocenters. The molecule has 6 heteroatoms. The van der Waals surface area contributed by atoms with Crippen molar-refractivity contribution in [3.8, 4) is 11.3 Å². The van der Waals surface area contributed by atoms with Gasteiger partial charge in [0.2, 0.25) is 0 Å². The molecule has 3 N–H and O–H groups in total. The predicted molar refractivity (Wildman–Crippen MR) is 101 cm³/mol. The maximum absolute atomic E-state index is 12.3. The lowest BCUT2D eigenvalue weighted by molar-refractivity contribution is 0.0949. The number of nitrogens with one attached hydrogen (secondary N) is 1. The molecule has 1 aromatic carbocycles. The molecule has 26 heavy (non-hydrogen) atoms. The summed E-state index contributed by atoms with van der Waals surface area (Å²) in [4.78, 5) is 21.1. The average Bonchev–Trinajstić information content (AvgIpc) is 3.11. The van der Waals surface area contributed by atoms with Crippen molar-refractivity contribution in [2.45, 2.75) is 6.42 Å². The highest BCUT2D eigenvalue weighted by Gasteiger charge is 2.14. The highest BCUT2D eigenvalue weighted by Crippen LogP contribution is 2.31. The Bertz CT molecular complexity index is 1050. The number of furan rings is 1. The topological polar surface area (TPSA) is 94.0 Å². The summed E-state index contributed by atoms with van der Waals surface area (Å²) >= 11 is 0. The van der Waals surface area contributed by atoms with Crippen LogP contribution in [0.3, 0.4) is 0 Å². The lowest BCUT2D eigenvalue weighted by atomic mass is 10.1. The number of carbonyl (C=O) groups excluding carboxylic acids is 1. The molecule has 0 fully saturated rings. The normalized spacial score (nSPS) is 11.1. The van der Waals surface area contributed by atoms with Crippen molar-refractivity contribution in [2.75, 3.05) is 13.1 Å². The van der Waals surface area contributed by atoms with Gasteiger partial charge < -0.3 is 15.5 Å². The molecule has 4 rings (SSSR count). The molecule has 3 heterocycles. The number of hydrogen-bond acceptors (Lipinski definition) is 5. The van der Waals surface area contributed by atoms with Crippen LogP contribution in [-0.4, -0.2) is 29.0 Å². The minimum atomic E-state index is -0.215. The molecule has 0 aliphatic carbocycles. The Labute approximate surface area is 150 Å². The van der Waals surface area contributed by atoms with Crippen LogP contribution in [0.2, 0.25) is 0 Å². The third-order valence-electron chi connectivity index (χ3n) is 4.19. The van der Waals surface area contributed by atoms with Gasteiger partial charge in [-0.1, -0.05) is 18.2 Å². The zero-order chi connectivity index (χ0) is 17.9. The van der Waals surface area contributed by atoms with Crippen molar-refractivity contribution < 1.29 is 9.21 Å². The lowest BCUT2D eigenvalue weighted by Gasteiger charge is -2.07. The van der Waals surface area contributed by atoms with Crippen LogP contribution in [0.25, 0.3) is 33.2 Å². The van der Waals surface area contributed by atoms with E-state index < -0.39 is 0 Å². The lowest BCUT2D eigenvalue weighted by Crippen LogP contribution is -2.26. The van der Waals surface area contributed by atoms with Crippen molar-refractivity contribution in [3.63, 3.8) is 0 Å². The van der Waals surface area contributed by atoms with E-state index >= 15 is 0 Å². The highest BCUT2D eigenvalue weighted by atomic mass is 16.3. The SMILES string of the molecule is NCCCNC(=O)c1ccc2cncc(-c3cc4ccccc4o3)c2n1. The zero-order valence-corrected chi connectivity index (χ0v) is 14.1. The fraction of sp³-hybridized carbons (Fsp3) is 0.150. The molecule has 0 bridgehead atoms. The number of para-hydroxylation sites is 1. The molecule has 0 spiro atoms. The summed E-state index contributed by atoms with van der Waals surface area (Å²) in [5.74, 6) is 0.463. The standard InChI is InChI=1S/C20H18N4O2/c21-8-3-9-23-20(25)16-7-6-14-11-22-12-15(19(14)24-16)18-10-13-4-1-2-5-17(13)26-18/h1-2,4-7,10-12H,3,8-9,21H2,(H,23,25). The highest BCUT2D eigenvalue weighted by molar-refractivity contribution is 5.98. The van der Waals surface area contributed by atoms with E-state index in [0.29, 0.717) is 30.1 Å². The van der Waals surface area contributed by atoms with Gasteiger partial charge in [-0.2, -0.15) is 0 Å². The van der Waals surface area contributed by atoms with Crippen LogP contribution in [0.1, 0.15) is 16.9 Å². The number of hydrogen-bond donors (Lipinski definition) is 2. The summed E-state index contributed by atoms with van der Waals surface area (Å²) in [5, 5.41) is 4.68. The van der Waals surface area contributed by atoms with E-state index in [1.54, 1.807) is 18.5 Å². The molecule has 4 aromatic rings. The van der Waals surface area contributed by atoms with Gasteiger partial charge in [-0.15, -0.1) is 0 Å². The van der Waals surface area contributed by atoms with Gasteiger partial charge in [0.25, 0.3) is 5.91 Å². The van der Waals surface area contributed by atoms with Gasteiger partial charge in [0.05, 0.1) is 11.1 Å². The first kappa shape index (κ1) is 16.2. The van der Waals surface area contributed by atoms with Crippen LogP contribution in [0, 0.1) is 0 Å². The third kappa shape index (κ3) is 3.02. The Balaban J connectivity index is 1.77. The number of pyridine rings is 2. The van der Waals surface area contributed by atoms with Gasteiger partial charge in [-0.25, -0.2) is 4.98 Å². The summed E-state index contributed by atoms with van der Waals surface area (Å²) in [5.41, 5.74) is 8.07. The first-order valence-electron chi connectivity index (χ1n) is 8.48. The summed E-state index contributed by atoms with van der Waals surface area (Å²) in [7, 11) is 0. The van der Waals surface area contributed by atoms with Gasteiger partial charge >= 0.3 is 0 Å². The van der Waals surface area contributed by atoms with Crippen LogP contribution < -0.4 is 11.1 Å². The maximum atomic E-state index is 12.3. The van der Waals surface area contributed by atoms with E-state index in [0.717, 1.165) is 28.3 Å². The zero-order valence-electron chi connectivity index (χ0n) is 14.1. The van der Waals surface area contributed by atoms with E-state index in [-0.39, 0.29) is 5.91 Å². The summed E-state index contributed by atoms with van der Waals surface area (Å²) in [6, 6.07) is 13.3. The Morgan fingerprint density at radius 1 is 1.12 bits per heavy atom. The summed E-state index contributed by atoms with van der Waals surface area (Å²) in [6.45, 7) is 1.06. The van der Waals surface area contributed by atoms with Crippen LogP contribution in [0.4, 0.5) is 0 Å². The number of nitrogens with zero attached hydrogens (tertiary/aromatic N) is 2. The number of benzene rings is 1. The number of carbonyl (C=O) groups is 1. The van der Waals surface area contributed by atoms with Crippen molar-refractivity contribution in [1.82, 2.24) is 15.3 Å². The van der Waals surface area contributed by atoms with Crippen LogP contribution in [0.15, 0.2) is 59.3 Å². The molecule has 1 amide bonds. The maximum Gasteiger partial charge on any atom is 0.269 e. The second-order valence-corrected chi connectivity index (χ2v) is 6.00. The van der Waals surface area contributed by atoms with Gasteiger partial charge in [-0.05, 0) is 37.2 Å². The Morgan fingerprint density at radius 3 is 2.85 bits per heavy atom. The predicted octanol–water partition coefficient (Wildman–Crippen LogP) is 3.12. The minimum Gasteiger partial charge on any atom is -0.456 e. The van der Waals surface area contributed by atoms with Crippen molar-refractivity contribution in [3.05, 3.63) is 60.6 Å². The monoisotopic (exact) mass is 346 g/mol. The third-order valence-corrected chi connectivity index (χ3v) is 4.19. The molecule has 6 nitrogen and oxygen atoms in total. The van der Waals surface area contributed by atoms with Crippen molar-refractivity contribution >= 4 is 27.8 Å². The van der Waals surface area contributed by atoms with Gasteiger partial charge in [0.15, 0.2) is 0 Å². The Hall–Kier alpha value is -3.25. The van der Waals surface area contributed by atoms with E-state index in [1.807, 2.05) is 36.4 Å². The number of amides is 1. The van der Waals surface area contributed by atoms with E-state index in [4.69, 9.17) is 10.2 Å². The van der Waals surface area contributed by atoms with Gasteiger partial charge in [0.1, 0.15) is 17.0 Å². The average molecular weight is 346 g/mol. The number of nitrogens with two attached hydrogens (primary N) is 1. The second kappa shape index (κ2) is 6.93. The molecular weight excluding hydrogens is 328 g/mol. The van der Waals surface area contributed by atoms with E-state index in [9.17, 15) is 4.79 Å². The number of aromatic nitrogens is 2. The van der Waals surface area contributed by atoms with Crippen LogP contribution in [-0.2, 0) is 0 Å².